The van der Waals surface area contributed by atoms with Crippen molar-refractivity contribution in [2.24, 2.45) is 11.5 Å². The Kier molecular flexibility index (Phi) is 4.86. The number of rotatable bonds is 7. The van der Waals surface area contributed by atoms with Crippen LogP contribution in [-0.4, -0.2) is 46.5 Å². The van der Waals surface area contributed by atoms with Crippen LogP contribution in [0.25, 0.3) is 16.7 Å². The zero-order valence-corrected chi connectivity index (χ0v) is 14.6. The van der Waals surface area contributed by atoms with Gasteiger partial charge in [0, 0.05) is 12.1 Å². The van der Waals surface area contributed by atoms with E-state index in [1.165, 1.54) is 0 Å². The number of hydrogen-bond donors (Lipinski definition) is 3. The Bertz CT molecular complexity index is 893. The van der Waals surface area contributed by atoms with Crippen molar-refractivity contribution >= 4 is 22.5 Å². The molecule has 2 aromatic heterocycles. The fourth-order valence-electron chi connectivity index (χ4n) is 2.78. The molecule has 9 heteroatoms. The molecule has 0 saturated carbocycles. The van der Waals surface area contributed by atoms with Crippen molar-refractivity contribution in [3.63, 3.8) is 0 Å². The van der Waals surface area contributed by atoms with Crippen LogP contribution in [0.2, 0.25) is 0 Å². The van der Waals surface area contributed by atoms with Crippen molar-refractivity contribution < 1.29 is 9.47 Å². The molecule has 0 fully saturated rings. The van der Waals surface area contributed by atoms with Crippen LogP contribution in [0.3, 0.4) is 0 Å². The second-order valence-electron chi connectivity index (χ2n) is 5.74. The highest BCUT2D eigenvalue weighted by Crippen LogP contribution is 2.33. The summed E-state index contributed by atoms with van der Waals surface area (Å²) in [5, 5.41) is 11.6. The van der Waals surface area contributed by atoms with Crippen LogP contribution >= 0.6 is 0 Å². The zero-order chi connectivity index (χ0) is 18.0. The number of aromatic nitrogens is 4. The second kappa shape index (κ2) is 7.08. The molecule has 0 bridgehead atoms. The van der Waals surface area contributed by atoms with E-state index in [2.05, 4.69) is 20.5 Å². The monoisotopic (exact) mass is 345 g/mol. The van der Waals surface area contributed by atoms with Gasteiger partial charge in [0.25, 0.3) is 0 Å². The Morgan fingerprint density at radius 2 is 1.92 bits per heavy atom. The minimum atomic E-state index is -0.269. The minimum absolute atomic E-state index is 0.269. The van der Waals surface area contributed by atoms with E-state index in [4.69, 9.17) is 20.9 Å². The average Bonchev–Trinajstić information content (AvgIpc) is 3.01. The molecule has 0 spiro atoms. The van der Waals surface area contributed by atoms with E-state index < -0.39 is 0 Å². The fraction of sp³-hybridized carbons (Fsp3) is 0.438. The first kappa shape index (κ1) is 17.2. The van der Waals surface area contributed by atoms with Gasteiger partial charge in [0.15, 0.2) is 17.3 Å². The summed E-state index contributed by atoms with van der Waals surface area (Å²) in [6.07, 6.45) is 1.30. The maximum absolute atomic E-state index is 6.13. The standard InChI is InChI=1S/C16H23N7O2/c1-9-21-22-16-15(20-14(18)5-4-6-17)19-10-7-12(24-2)13(25-3)8-11(10)23(9)16/h7-8,14H,4-6,17-18H2,1-3H3,(H,19,20). The summed E-state index contributed by atoms with van der Waals surface area (Å²) < 4.78 is 12.7. The molecular formula is C16H23N7O2. The van der Waals surface area contributed by atoms with Gasteiger partial charge in [0.2, 0.25) is 5.65 Å². The van der Waals surface area contributed by atoms with Crippen molar-refractivity contribution in [3.8, 4) is 11.5 Å². The third kappa shape index (κ3) is 3.15. The second-order valence-corrected chi connectivity index (χ2v) is 5.74. The molecule has 25 heavy (non-hydrogen) atoms. The Hall–Kier alpha value is -2.65. The number of ether oxygens (including phenoxy) is 2. The van der Waals surface area contributed by atoms with Crippen LogP contribution in [0.15, 0.2) is 12.1 Å². The van der Waals surface area contributed by atoms with E-state index >= 15 is 0 Å². The molecule has 5 N–H and O–H groups in total. The van der Waals surface area contributed by atoms with Gasteiger partial charge in [-0.15, -0.1) is 10.2 Å². The number of benzene rings is 1. The summed E-state index contributed by atoms with van der Waals surface area (Å²) in [7, 11) is 3.19. The van der Waals surface area contributed by atoms with Gasteiger partial charge >= 0.3 is 0 Å². The van der Waals surface area contributed by atoms with E-state index in [0.717, 1.165) is 29.7 Å². The third-order valence-electron chi connectivity index (χ3n) is 4.03. The van der Waals surface area contributed by atoms with Gasteiger partial charge < -0.3 is 26.3 Å². The number of aryl methyl sites for hydroxylation is 1. The number of anilines is 1. The first-order valence-electron chi connectivity index (χ1n) is 8.08. The first-order chi connectivity index (χ1) is 12.1. The average molecular weight is 345 g/mol. The number of nitrogens with one attached hydrogen (secondary N) is 1. The SMILES string of the molecule is COc1cc2nc(NC(N)CCCN)c3nnc(C)n3c2cc1OC. The third-order valence-corrected chi connectivity index (χ3v) is 4.03. The Labute approximate surface area is 145 Å². The van der Waals surface area contributed by atoms with Gasteiger partial charge in [0.1, 0.15) is 5.82 Å². The van der Waals surface area contributed by atoms with Crippen molar-refractivity contribution in [3.05, 3.63) is 18.0 Å². The lowest BCUT2D eigenvalue weighted by molar-refractivity contribution is 0.355. The molecule has 134 valence electrons. The highest BCUT2D eigenvalue weighted by molar-refractivity contribution is 5.85. The molecule has 9 nitrogen and oxygen atoms in total. The van der Waals surface area contributed by atoms with Gasteiger partial charge in [-0.25, -0.2) is 4.98 Å². The zero-order valence-electron chi connectivity index (χ0n) is 14.6. The largest absolute Gasteiger partial charge is 0.493 e. The molecule has 0 amide bonds. The van der Waals surface area contributed by atoms with E-state index in [0.29, 0.717) is 29.5 Å². The number of fused-ring (bicyclic) bond motifs is 3. The molecular weight excluding hydrogens is 322 g/mol. The molecule has 3 rings (SSSR count). The van der Waals surface area contributed by atoms with Crippen LogP contribution in [0.4, 0.5) is 5.82 Å². The van der Waals surface area contributed by atoms with E-state index in [1.54, 1.807) is 14.2 Å². The maximum Gasteiger partial charge on any atom is 0.204 e. The summed E-state index contributed by atoms with van der Waals surface area (Å²) in [6.45, 7) is 2.48. The highest BCUT2D eigenvalue weighted by Gasteiger charge is 2.17. The topological polar surface area (TPSA) is 126 Å². The summed E-state index contributed by atoms with van der Waals surface area (Å²) in [6, 6.07) is 3.69. The first-order valence-corrected chi connectivity index (χ1v) is 8.08. The number of methoxy groups -OCH3 is 2. The molecule has 1 unspecified atom stereocenters. The van der Waals surface area contributed by atoms with Gasteiger partial charge in [-0.05, 0) is 26.3 Å². The summed E-state index contributed by atoms with van der Waals surface area (Å²) >= 11 is 0. The summed E-state index contributed by atoms with van der Waals surface area (Å²) in [4.78, 5) is 4.67. The minimum Gasteiger partial charge on any atom is -0.493 e. The van der Waals surface area contributed by atoms with Crippen LogP contribution < -0.4 is 26.3 Å². The molecule has 0 saturated heterocycles. The normalized spacial score (nSPS) is 12.5. The Balaban J connectivity index is 2.17. The Morgan fingerprint density at radius 3 is 2.60 bits per heavy atom. The van der Waals surface area contributed by atoms with Crippen molar-refractivity contribution in [2.75, 3.05) is 26.1 Å². The molecule has 0 aliphatic heterocycles. The lowest BCUT2D eigenvalue weighted by Gasteiger charge is -2.16. The lowest BCUT2D eigenvalue weighted by Crippen LogP contribution is -2.30. The number of nitrogens with zero attached hydrogens (tertiary/aromatic N) is 4. The van der Waals surface area contributed by atoms with Crippen LogP contribution in [0.1, 0.15) is 18.7 Å². The predicted molar refractivity (Wildman–Crippen MR) is 96.0 cm³/mol. The van der Waals surface area contributed by atoms with Crippen LogP contribution in [0, 0.1) is 6.92 Å². The van der Waals surface area contributed by atoms with Crippen molar-refractivity contribution in [1.82, 2.24) is 19.6 Å². The molecule has 1 atom stereocenters. The van der Waals surface area contributed by atoms with Gasteiger partial charge in [0.05, 0.1) is 31.4 Å². The highest BCUT2D eigenvalue weighted by atomic mass is 16.5. The maximum atomic E-state index is 6.13. The van der Waals surface area contributed by atoms with Gasteiger partial charge in [-0.1, -0.05) is 0 Å². The molecule has 2 heterocycles. The molecule has 0 aliphatic carbocycles. The number of nitrogens with two attached hydrogens (primary N) is 2. The van der Waals surface area contributed by atoms with Crippen molar-refractivity contribution in [2.45, 2.75) is 25.9 Å². The molecule has 0 radical (unpaired) electrons. The molecule has 0 aliphatic rings. The molecule has 1 aromatic carbocycles. The van der Waals surface area contributed by atoms with Gasteiger partial charge in [-0.2, -0.15) is 0 Å². The quantitative estimate of drug-likeness (QED) is 0.542. The molecule has 3 aromatic rings. The fourth-order valence-corrected chi connectivity index (χ4v) is 2.78. The van der Waals surface area contributed by atoms with Crippen molar-refractivity contribution in [1.29, 1.82) is 0 Å². The summed E-state index contributed by atoms with van der Waals surface area (Å²) in [5.41, 5.74) is 13.8. The summed E-state index contributed by atoms with van der Waals surface area (Å²) in [5.74, 6) is 2.54. The smallest absolute Gasteiger partial charge is 0.204 e. The van der Waals surface area contributed by atoms with E-state index in [1.807, 2.05) is 23.5 Å². The van der Waals surface area contributed by atoms with E-state index in [-0.39, 0.29) is 6.17 Å². The van der Waals surface area contributed by atoms with E-state index in [9.17, 15) is 0 Å². The lowest BCUT2D eigenvalue weighted by atomic mass is 10.2. The van der Waals surface area contributed by atoms with Crippen LogP contribution in [0.5, 0.6) is 11.5 Å². The predicted octanol–water partition coefficient (Wildman–Crippen LogP) is 1.04. The Morgan fingerprint density at radius 1 is 1.20 bits per heavy atom. The van der Waals surface area contributed by atoms with Gasteiger partial charge in [-0.3, -0.25) is 4.40 Å². The number of hydrogen-bond acceptors (Lipinski definition) is 8. The van der Waals surface area contributed by atoms with Crippen LogP contribution in [-0.2, 0) is 0 Å².